The van der Waals surface area contributed by atoms with Crippen LogP contribution in [0.25, 0.3) is 0 Å². The number of carbonyl (C=O) groups excluding carboxylic acids is 3. The molecule has 0 saturated heterocycles. The number of hydrogen-bond acceptors (Lipinski definition) is 5. The standard InChI is InChI=1S/C17H13N3O4S/c21-15(19-20-17(23)14-4-2-10-25-14)11-5-7-12(8-6-11)18-16(22)13-3-1-9-24-13/h1-10H,(H,18,22)(H,19,21)(H,20,23). The third-order valence-electron chi connectivity index (χ3n) is 3.18. The Labute approximate surface area is 146 Å². The lowest BCUT2D eigenvalue weighted by atomic mass is 10.2. The van der Waals surface area contributed by atoms with Crippen molar-refractivity contribution in [3.05, 3.63) is 76.4 Å². The minimum absolute atomic E-state index is 0.193. The van der Waals surface area contributed by atoms with Gasteiger partial charge in [-0.1, -0.05) is 6.07 Å². The van der Waals surface area contributed by atoms with E-state index in [1.165, 1.54) is 29.7 Å². The Morgan fingerprint density at radius 3 is 2.24 bits per heavy atom. The van der Waals surface area contributed by atoms with Crippen molar-refractivity contribution in [2.24, 2.45) is 0 Å². The zero-order chi connectivity index (χ0) is 17.6. The Hall–Kier alpha value is -3.39. The molecule has 1 aromatic carbocycles. The van der Waals surface area contributed by atoms with E-state index in [1.54, 1.807) is 41.8 Å². The van der Waals surface area contributed by atoms with Crippen molar-refractivity contribution in [3.8, 4) is 0 Å². The number of hydrazine groups is 1. The summed E-state index contributed by atoms with van der Waals surface area (Å²) in [6.07, 6.45) is 1.41. The molecule has 0 unspecified atom stereocenters. The molecule has 0 atom stereocenters. The molecule has 3 rings (SSSR count). The third-order valence-corrected chi connectivity index (χ3v) is 4.05. The predicted molar refractivity (Wildman–Crippen MR) is 92.4 cm³/mol. The van der Waals surface area contributed by atoms with Crippen LogP contribution in [-0.4, -0.2) is 17.7 Å². The van der Waals surface area contributed by atoms with E-state index in [4.69, 9.17) is 4.42 Å². The van der Waals surface area contributed by atoms with Gasteiger partial charge < -0.3 is 9.73 Å². The van der Waals surface area contributed by atoms with Gasteiger partial charge in [-0.2, -0.15) is 0 Å². The molecule has 0 aliphatic carbocycles. The molecule has 0 bridgehead atoms. The van der Waals surface area contributed by atoms with Gasteiger partial charge in [0.15, 0.2) is 5.76 Å². The molecule has 0 saturated carbocycles. The summed E-state index contributed by atoms with van der Waals surface area (Å²) >= 11 is 1.27. The third kappa shape index (κ3) is 4.12. The number of nitrogens with one attached hydrogen (secondary N) is 3. The number of carbonyl (C=O) groups is 3. The minimum atomic E-state index is -0.464. The van der Waals surface area contributed by atoms with E-state index in [0.717, 1.165) is 0 Å². The Morgan fingerprint density at radius 2 is 1.60 bits per heavy atom. The van der Waals surface area contributed by atoms with E-state index < -0.39 is 5.91 Å². The van der Waals surface area contributed by atoms with E-state index in [1.807, 2.05) is 0 Å². The number of anilines is 1. The van der Waals surface area contributed by atoms with Crippen molar-refractivity contribution in [2.75, 3.05) is 5.32 Å². The minimum Gasteiger partial charge on any atom is -0.459 e. The van der Waals surface area contributed by atoms with Gasteiger partial charge in [-0.05, 0) is 47.8 Å². The SMILES string of the molecule is O=C(NNC(=O)c1cccs1)c1ccc(NC(=O)c2ccco2)cc1. The van der Waals surface area contributed by atoms with Gasteiger partial charge in [0.25, 0.3) is 17.7 Å². The molecule has 0 radical (unpaired) electrons. The smallest absolute Gasteiger partial charge is 0.291 e. The molecule has 25 heavy (non-hydrogen) atoms. The second kappa shape index (κ2) is 7.45. The first kappa shape index (κ1) is 16.5. The van der Waals surface area contributed by atoms with E-state index in [2.05, 4.69) is 16.2 Å². The lowest BCUT2D eigenvalue weighted by Crippen LogP contribution is -2.41. The molecule has 8 heteroatoms. The van der Waals surface area contributed by atoms with Crippen molar-refractivity contribution in [1.29, 1.82) is 0 Å². The zero-order valence-corrected chi connectivity index (χ0v) is 13.6. The molecule has 0 spiro atoms. The van der Waals surface area contributed by atoms with Gasteiger partial charge >= 0.3 is 0 Å². The van der Waals surface area contributed by atoms with Crippen molar-refractivity contribution in [3.63, 3.8) is 0 Å². The summed E-state index contributed by atoms with van der Waals surface area (Å²) in [5.74, 6) is -1.04. The van der Waals surface area contributed by atoms with Gasteiger partial charge in [0.2, 0.25) is 0 Å². The van der Waals surface area contributed by atoms with Gasteiger partial charge in [0.05, 0.1) is 11.1 Å². The predicted octanol–water partition coefficient (Wildman–Crippen LogP) is 2.67. The number of hydrogen-bond donors (Lipinski definition) is 3. The van der Waals surface area contributed by atoms with Crippen LogP contribution in [0, 0.1) is 0 Å². The van der Waals surface area contributed by atoms with Gasteiger partial charge in [0.1, 0.15) is 0 Å². The summed E-state index contributed by atoms with van der Waals surface area (Å²) in [5, 5.41) is 4.42. The number of rotatable bonds is 4. The maximum Gasteiger partial charge on any atom is 0.291 e. The van der Waals surface area contributed by atoms with E-state index in [0.29, 0.717) is 16.1 Å². The van der Waals surface area contributed by atoms with E-state index >= 15 is 0 Å². The first-order valence-electron chi connectivity index (χ1n) is 7.22. The van der Waals surface area contributed by atoms with Crippen LogP contribution in [0.3, 0.4) is 0 Å². The highest BCUT2D eigenvalue weighted by Gasteiger charge is 2.11. The summed E-state index contributed by atoms with van der Waals surface area (Å²) in [4.78, 5) is 36.1. The molecule has 7 nitrogen and oxygen atoms in total. The fourth-order valence-electron chi connectivity index (χ4n) is 1.96. The van der Waals surface area contributed by atoms with Crippen LogP contribution in [-0.2, 0) is 0 Å². The second-order valence-corrected chi connectivity index (χ2v) is 5.84. The van der Waals surface area contributed by atoms with Crippen molar-refractivity contribution in [1.82, 2.24) is 10.9 Å². The maximum atomic E-state index is 12.0. The lowest BCUT2D eigenvalue weighted by molar-refractivity contribution is 0.0849. The van der Waals surface area contributed by atoms with Crippen molar-refractivity contribution < 1.29 is 18.8 Å². The summed E-state index contributed by atoms with van der Waals surface area (Å²) in [5.41, 5.74) is 5.52. The fourth-order valence-corrected chi connectivity index (χ4v) is 2.58. The highest BCUT2D eigenvalue weighted by Crippen LogP contribution is 2.12. The molecule has 0 aliphatic rings. The van der Waals surface area contributed by atoms with Gasteiger partial charge in [-0.15, -0.1) is 11.3 Å². The Balaban J connectivity index is 1.55. The Bertz CT molecular complexity index is 871. The summed E-state index contributed by atoms with van der Waals surface area (Å²) in [6.45, 7) is 0. The molecule has 3 aromatic rings. The van der Waals surface area contributed by atoms with Crippen LogP contribution in [0.15, 0.2) is 64.6 Å². The number of thiophene rings is 1. The first-order chi connectivity index (χ1) is 12.1. The second-order valence-electron chi connectivity index (χ2n) is 4.89. The number of furan rings is 1. The van der Waals surface area contributed by atoms with E-state index in [-0.39, 0.29) is 17.6 Å². The van der Waals surface area contributed by atoms with Crippen LogP contribution < -0.4 is 16.2 Å². The largest absolute Gasteiger partial charge is 0.459 e. The highest BCUT2D eigenvalue weighted by atomic mass is 32.1. The normalized spacial score (nSPS) is 10.1. The molecule has 2 aromatic heterocycles. The average molecular weight is 355 g/mol. The van der Waals surface area contributed by atoms with Crippen LogP contribution >= 0.6 is 11.3 Å². The zero-order valence-electron chi connectivity index (χ0n) is 12.8. The number of benzene rings is 1. The monoisotopic (exact) mass is 355 g/mol. The van der Waals surface area contributed by atoms with Gasteiger partial charge in [-0.3, -0.25) is 25.2 Å². The molecule has 0 aliphatic heterocycles. The first-order valence-corrected chi connectivity index (χ1v) is 8.10. The molecular weight excluding hydrogens is 342 g/mol. The summed E-state index contributed by atoms with van der Waals surface area (Å²) in [6, 6.07) is 12.8. The molecule has 126 valence electrons. The van der Waals surface area contributed by atoms with Crippen LogP contribution in [0.2, 0.25) is 0 Å². The quantitative estimate of drug-likeness (QED) is 0.626. The van der Waals surface area contributed by atoms with Crippen LogP contribution in [0.1, 0.15) is 30.6 Å². The highest BCUT2D eigenvalue weighted by molar-refractivity contribution is 7.12. The Morgan fingerprint density at radius 1 is 0.840 bits per heavy atom. The topological polar surface area (TPSA) is 100 Å². The maximum absolute atomic E-state index is 12.0. The fraction of sp³-hybridized carbons (Fsp3) is 0. The lowest BCUT2D eigenvalue weighted by Gasteiger charge is -2.07. The molecule has 2 heterocycles. The summed E-state index contributed by atoms with van der Waals surface area (Å²) < 4.78 is 5.00. The molecule has 0 fully saturated rings. The van der Waals surface area contributed by atoms with Crippen molar-refractivity contribution >= 4 is 34.7 Å². The van der Waals surface area contributed by atoms with Gasteiger partial charge in [-0.25, -0.2) is 0 Å². The molecular formula is C17H13N3O4S. The molecule has 3 amide bonds. The average Bonchev–Trinajstić information content (AvgIpc) is 3.33. The van der Waals surface area contributed by atoms with Crippen molar-refractivity contribution in [2.45, 2.75) is 0 Å². The summed E-state index contributed by atoms with van der Waals surface area (Å²) in [7, 11) is 0. The number of amides is 3. The van der Waals surface area contributed by atoms with Gasteiger partial charge in [0, 0.05) is 11.3 Å². The Kier molecular flexibility index (Phi) is 4.91. The van der Waals surface area contributed by atoms with Crippen LogP contribution in [0.4, 0.5) is 5.69 Å². The van der Waals surface area contributed by atoms with Crippen LogP contribution in [0.5, 0.6) is 0 Å². The molecule has 3 N–H and O–H groups in total. The van der Waals surface area contributed by atoms with E-state index in [9.17, 15) is 14.4 Å².